The highest BCUT2D eigenvalue weighted by atomic mass is 32.1. The minimum Gasteiger partial charge on any atom is -0.354 e. The Morgan fingerprint density at radius 3 is 2.65 bits per heavy atom. The molecule has 1 aliphatic rings. The van der Waals surface area contributed by atoms with Crippen molar-refractivity contribution in [2.75, 3.05) is 45.2 Å². The number of aromatic nitrogens is 2. The zero-order chi connectivity index (χ0) is 18.1. The third-order valence-corrected chi connectivity index (χ3v) is 6.76. The number of carbonyl (C=O) groups excluding carboxylic acids is 1. The quantitative estimate of drug-likeness (QED) is 0.689. The Balaban J connectivity index is 1.38. The van der Waals surface area contributed by atoms with Crippen LogP contribution in [0.15, 0.2) is 30.5 Å². The Labute approximate surface area is 160 Å². The highest BCUT2D eigenvalue weighted by Crippen LogP contribution is 2.34. The van der Waals surface area contributed by atoms with Crippen LogP contribution >= 0.6 is 22.7 Å². The number of thiazole rings is 1. The second-order valence-electron chi connectivity index (χ2n) is 6.56. The molecule has 3 aromatic rings. The van der Waals surface area contributed by atoms with Crippen LogP contribution in [-0.2, 0) is 6.54 Å². The molecular formula is C18H21N5OS2. The molecule has 3 aromatic heterocycles. The summed E-state index contributed by atoms with van der Waals surface area (Å²) >= 11 is 3.13. The van der Waals surface area contributed by atoms with Gasteiger partial charge in [0, 0.05) is 53.0 Å². The van der Waals surface area contributed by atoms with Gasteiger partial charge >= 0.3 is 0 Å². The molecule has 1 saturated heterocycles. The summed E-state index contributed by atoms with van der Waals surface area (Å²) in [6, 6.07) is 7.99. The molecule has 0 unspecified atom stereocenters. The van der Waals surface area contributed by atoms with E-state index >= 15 is 0 Å². The second kappa shape index (κ2) is 7.30. The van der Waals surface area contributed by atoms with Gasteiger partial charge in [-0.2, -0.15) is 0 Å². The molecule has 0 atom stereocenters. The van der Waals surface area contributed by atoms with Crippen LogP contribution in [0.5, 0.6) is 0 Å². The number of thiophene rings is 1. The molecule has 0 radical (unpaired) electrons. The van der Waals surface area contributed by atoms with Crippen molar-refractivity contribution < 1.29 is 4.79 Å². The van der Waals surface area contributed by atoms with E-state index in [1.165, 1.54) is 11.3 Å². The number of rotatable bonds is 4. The van der Waals surface area contributed by atoms with Crippen LogP contribution < -0.4 is 4.90 Å². The number of anilines is 1. The summed E-state index contributed by atoms with van der Waals surface area (Å²) < 4.78 is 1.09. The lowest BCUT2D eigenvalue weighted by molar-refractivity contribution is 0.0632. The molecule has 0 aliphatic carbocycles. The number of fused-ring (bicyclic) bond motifs is 1. The van der Waals surface area contributed by atoms with E-state index in [4.69, 9.17) is 0 Å². The molecule has 4 rings (SSSR count). The van der Waals surface area contributed by atoms with Gasteiger partial charge in [-0.1, -0.05) is 17.4 Å². The van der Waals surface area contributed by atoms with E-state index in [9.17, 15) is 4.79 Å². The summed E-state index contributed by atoms with van der Waals surface area (Å²) in [5.74, 6) is 0.129. The first kappa shape index (κ1) is 17.4. The maximum Gasteiger partial charge on any atom is 0.264 e. The summed E-state index contributed by atoms with van der Waals surface area (Å²) in [4.78, 5) is 29.9. The Hall–Kier alpha value is -2.03. The molecule has 136 valence electrons. The highest BCUT2D eigenvalue weighted by molar-refractivity contribution is 7.29. The number of nitrogens with zero attached hydrogens (tertiary/aromatic N) is 5. The lowest BCUT2D eigenvalue weighted by Gasteiger charge is -2.34. The maximum atomic E-state index is 12.8. The number of pyridine rings is 1. The molecule has 0 bridgehead atoms. The number of piperazine rings is 1. The predicted molar refractivity (Wildman–Crippen MR) is 107 cm³/mol. The SMILES string of the molecule is CN(C)c1nc2sc(C(=O)N3CCN(Cc4ccccn4)CC3)cc2s1. The van der Waals surface area contributed by atoms with Gasteiger partial charge in [-0.05, 0) is 18.2 Å². The molecule has 1 aliphatic heterocycles. The summed E-state index contributed by atoms with van der Waals surface area (Å²) in [6.07, 6.45) is 1.83. The summed E-state index contributed by atoms with van der Waals surface area (Å²) in [7, 11) is 3.97. The first-order chi connectivity index (χ1) is 12.6. The molecule has 1 fully saturated rings. The zero-order valence-corrected chi connectivity index (χ0v) is 16.5. The van der Waals surface area contributed by atoms with E-state index in [2.05, 4.69) is 14.9 Å². The van der Waals surface area contributed by atoms with Crippen molar-refractivity contribution in [3.8, 4) is 0 Å². The zero-order valence-electron chi connectivity index (χ0n) is 14.9. The third kappa shape index (κ3) is 3.58. The molecule has 26 heavy (non-hydrogen) atoms. The Bertz CT molecular complexity index is 865. The van der Waals surface area contributed by atoms with Gasteiger partial charge in [0.05, 0.1) is 15.3 Å². The lowest BCUT2D eigenvalue weighted by atomic mass is 10.2. The Morgan fingerprint density at radius 2 is 2.00 bits per heavy atom. The molecule has 1 amide bonds. The van der Waals surface area contributed by atoms with Crippen molar-refractivity contribution in [1.29, 1.82) is 0 Å². The van der Waals surface area contributed by atoms with Crippen LogP contribution in [-0.4, -0.2) is 65.9 Å². The van der Waals surface area contributed by atoms with Gasteiger partial charge in [-0.3, -0.25) is 14.7 Å². The van der Waals surface area contributed by atoms with Crippen LogP contribution in [0.1, 0.15) is 15.4 Å². The van der Waals surface area contributed by atoms with Gasteiger partial charge < -0.3 is 9.80 Å². The molecular weight excluding hydrogens is 366 g/mol. The van der Waals surface area contributed by atoms with Gasteiger partial charge in [0.1, 0.15) is 4.83 Å². The average molecular weight is 388 g/mol. The number of hydrogen-bond donors (Lipinski definition) is 0. The van der Waals surface area contributed by atoms with Crippen molar-refractivity contribution >= 4 is 43.2 Å². The summed E-state index contributed by atoms with van der Waals surface area (Å²) in [5, 5.41) is 0.980. The fourth-order valence-corrected chi connectivity index (χ4v) is 5.11. The van der Waals surface area contributed by atoms with E-state index in [0.717, 1.165) is 58.0 Å². The summed E-state index contributed by atoms with van der Waals surface area (Å²) in [5.41, 5.74) is 1.08. The second-order valence-corrected chi connectivity index (χ2v) is 8.60. The van der Waals surface area contributed by atoms with E-state index < -0.39 is 0 Å². The summed E-state index contributed by atoms with van der Waals surface area (Å²) in [6.45, 7) is 4.12. The van der Waals surface area contributed by atoms with Gasteiger partial charge in [-0.15, -0.1) is 11.3 Å². The van der Waals surface area contributed by atoms with Crippen LogP contribution in [0.4, 0.5) is 5.13 Å². The fourth-order valence-electron chi connectivity index (χ4n) is 3.01. The Morgan fingerprint density at radius 1 is 1.19 bits per heavy atom. The molecule has 4 heterocycles. The van der Waals surface area contributed by atoms with Gasteiger partial charge in [0.25, 0.3) is 5.91 Å². The van der Waals surface area contributed by atoms with Crippen LogP contribution in [0.2, 0.25) is 0 Å². The van der Waals surface area contributed by atoms with Gasteiger partial charge in [0.15, 0.2) is 5.13 Å². The number of carbonyl (C=O) groups is 1. The lowest BCUT2D eigenvalue weighted by Crippen LogP contribution is -2.48. The minimum absolute atomic E-state index is 0.129. The minimum atomic E-state index is 0.129. The van der Waals surface area contributed by atoms with Gasteiger partial charge in [-0.25, -0.2) is 4.98 Å². The van der Waals surface area contributed by atoms with Crippen molar-refractivity contribution in [2.45, 2.75) is 6.54 Å². The average Bonchev–Trinajstić information content (AvgIpc) is 3.22. The van der Waals surface area contributed by atoms with Crippen LogP contribution in [0.25, 0.3) is 9.53 Å². The molecule has 6 nitrogen and oxygen atoms in total. The molecule has 8 heteroatoms. The monoisotopic (exact) mass is 387 g/mol. The number of hydrogen-bond acceptors (Lipinski definition) is 7. The third-order valence-electron chi connectivity index (χ3n) is 4.44. The molecule has 0 N–H and O–H groups in total. The first-order valence-corrected chi connectivity index (χ1v) is 10.2. The standard InChI is InChI=1S/C18H21N5OS2/c1-21(2)18-20-16-14(26-18)11-15(25-16)17(24)23-9-7-22(8-10-23)12-13-5-3-4-6-19-13/h3-6,11H,7-10,12H2,1-2H3. The van der Waals surface area contributed by atoms with E-state index in [-0.39, 0.29) is 5.91 Å². The van der Waals surface area contributed by atoms with Crippen LogP contribution in [0, 0.1) is 0 Å². The number of amides is 1. The predicted octanol–water partition coefficient (Wildman–Crippen LogP) is 2.78. The van der Waals surface area contributed by atoms with Crippen molar-refractivity contribution in [3.63, 3.8) is 0 Å². The van der Waals surface area contributed by atoms with Gasteiger partial charge in [0.2, 0.25) is 0 Å². The molecule has 0 aromatic carbocycles. The highest BCUT2D eigenvalue weighted by Gasteiger charge is 2.24. The smallest absolute Gasteiger partial charge is 0.264 e. The first-order valence-electron chi connectivity index (χ1n) is 8.59. The van der Waals surface area contributed by atoms with E-state index in [1.54, 1.807) is 11.3 Å². The van der Waals surface area contributed by atoms with Crippen molar-refractivity contribution in [3.05, 3.63) is 41.0 Å². The molecule has 0 saturated carbocycles. The maximum absolute atomic E-state index is 12.8. The Kier molecular flexibility index (Phi) is 4.88. The van der Waals surface area contributed by atoms with Crippen molar-refractivity contribution in [2.24, 2.45) is 0 Å². The van der Waals surface area contributed by atoms with Crippen LogP contribution in [0.3, 0.4) is 0 Å². The largest absolute Gasteiger partial charge is 0.354 e. The molecule has 0 spiro atoms. The van der Waals surface area contributed by atoms with E-state index in [0.29, 0.717) is 0 Å². The topological polar surface area (TPSA) is 52.6 Å². The normalized spacial score (nSPS) is 15.5. The van der Waals surface area contributed by atoms with E-state index in [1.807, 2.05) is 54.4 Å². The van der Waals surface area contributed by atoms with Crippen molar-refractivity contribution in [1.82, 2.24) is 19.8 Å². The fraction of sp³-hybridized carbons (Fsp3) is 0.389.